The third-order valence-electron chi connectivity index (χ3n) is 4.72. The second-order valence-corrected chi connectivity index (χ2v) is 6.45. The minimum Gasteiger partial charge on any atom is -0.328 e. The second-order valence-electron chi connectivity index (χ2n) is 6.45. The van der Waals surface area contributed by atoms with Gasteiger partial charge in [-0.15, -0.1) is 0 Å². The van der Waals surface area contributed by atoms with Gasteiger partial charge in [-0.05, 0) is 51.7 Å². The van der Waals surface area contributed by atoms with Gasteiger partial charge in [-0.1, -0.05) is 19.3 Å². The zero-order chi connectivity index (χ0) is 12.8. The van der Waals surface area contributed by atoms with Crippen LogP contribution in [0.15, 0.2) is 0 Å². The zero-order valence-electron chi connectivity index (χ0n) is 12.1. The van der Waals surface area contributed by atoms with Crippen molar-refractivity contribution in [2.75, 3.05) is 39.8 Å². The van der Waals surface area contributed by atoms with E-state index in [-0.39, 0.29) is 0 Å². The Morgan fingerprint density at radius 2 is 1.72 bits per heavy atom. The minimum absolute atomic E-state index is 0.459. The van der Waals surface area contributed by atoms with E-state index in [9.17, 15) is 0 Å². The first kappa shape index (κ1) is 14.3. The molecule has 2 aliphatic rings. The van der Waals surface area contributed by atoms with Gasteiger partial charge in [0.1, 0.15) is 0 Å². The molecule has 3 heteroatoms. The number of nitrogens with two attached hydrogens (primary N) is 1. The topological polar surface area (TPSA) is 32.5 Å². The van der Waals surface area contributed by atoms with Gasteiger partial charge in [-0.3, -0.25) is 0 Å². The van der Waals surface area contributed by atoms with E-state index in [1.165, 1.54) is 77.7 Å². The maximum absolute atomic E-state index is 5.94. The first-order valence-electron chi connectivity index (χ1n) is 7.90. The van der Waals surface area contributed by atoms with Crippen molar-refractivity contribution >= 4 is 0 Å². The van der Waals surface area contributed by atoms with Crippen molar-refractivity contribution in [3.63, 3.8) is 0 Å². The van der Waals surface area contributed by atoms with E-state index in [4.69, 9.17) is 5.73 Å². The van der Waals surface area contributed by atoms with Crippen LogP contribution in [0.1, 0.15) is 44.9 Å². The van der Waals surface area contributed by atoms with Gasteiger partial charge in [-0.25, -0.2) is 0 Å². The summed E-state index contributed by atoms with van der Waals surface area (Å²) in [5.74, 6) is 0.971. The lowest BCUT2D eigenvalue weighted by Gasteiger charge is -2.32. The molecule has 1 saturated carbocycles. The van der Waals surface area contributed by atoms with Crippen molar-refractivity contribution in [1.82, 2.24) is 9.80 Å². The summed E-state index contributed by atoms with van der Waals surface area (Å²) >= 11 is 0. The number of likely N-dealkylation sites (N-methyl/N-ethyl adjacent to an activating group) is 1. The van der Waals surface area contributed by atoms with Gasteiger partial charge in [0, 0.05) is 25.7 Å². The predicted octanol–water partition coefficient (Wildman–Crippen LogP) is 1.92. The molecule has 3 nitrogen and oxygen atoms in total. The van der Waals surface area contributed by atoms with Crippen molar-refractivity contribution in [1.29, 1.82) is 0 Å². The number of hydrogen-bond acceptors (Lipinski definition) is 3. The molecule has 0 amide bonds. The Morgan fingerprint density at radius 1 is 1.06 bits per heavy atom. The fraction of sp³-hybridized carbons (Fsp3) is 1.00. The van der Waals surface area contributed by atoms with E-state index in [0.29, 0.717) is 6.04 Å². The van der Waals surface area contributed by atoms with Crippen LogP contribution in [-0.4, -0.2) is 55.6 Å². The van der Waals surface area contributed by atoms with Crippen LogP contribution in [-0.2, 0) is 0 Å². The summed E-state index contributed by atoms with van der Waals surface area (Å²) in [5, 5.41) is 0. The number of piperidine rings is 1. The number of rotatable bonds is 5. The fourth-order valence-corrected chi connectivity index (χ4v) is 3.39. The first-order valence-corrected chi connectivity index (χ1v) is 7.90. The van der Waals surface area contributed by atoms with Crippen molar-refractivity contribution in [2.24, 2.45) is 11.7 Å². The lowest BCUT2D eigenvalue weighted by Crippen LogP contribution is -2.43. The first-order chi connectivity index (χ1) is 8.74. The predicted molar refractivity (Wildman–Crippen MR) is 77.7 cm³/mol. The monoisotopic (exact) mass is 253 g/mol. The molecule has 0 bridgehead atoms. The summed E-state index contributed by atoms with van der Waals surface area (Å²) in [6, 6.07) is 0.459. The molecule has 1 aliphatic carbocycles. The Balaban J connectivity index is 1.57. The Bertz CT molecular complexity index is 218. The van der Waals surface area contributed by atoms with Gasteiger partial charge in [0.25, 0.3) is 0 Å². The molecule has 0 aromatic carbocycles. The fourth-order valence-electron chi connectivity index (χ4n) is 3.39. The maximum atomic E-state index is 5.94. The van der Waals surface area contributed by atoms with E-state index < -0.39 is 0 Å². The second kappa shape index (κ2) is 7.46. The van der Waals surface area contributed by atoms with Crippen LogP contribution >= 0.6 is 0 Å². The molecule has 0 aromatic rings. The summed E-state index contributed by atoms with van der Waals surface area (Å²) < 4.78 is 0. The van der Waals surface area contributed by atoms with Crippen LogP contribution in [0.25, 0.3) is 0 Å². The summed E-state index contributed by atoms with van der Waals surface area (Å²) in [7, 11) is 2.30. The van der Waals surface area contributed by atoms with Gasteiger partial charge in [-0.2, -0.15) is 0 Å². The highest BCUT2D eigenvalue weighted by atomic mass is 15.2. The quantitative estimate of drug-likeness (QED) is 0.812. The molecule has 1 heterocycles. The third kappa shape index (κ3) is 4.87. The molecule has 0 unspecified atom stereocenters. The molecular weight excluding hydrogens is 222 g/mol. The van der Waals surface area contributed by atoms with E-state index in [1.54, 1.807) is 0 Å². The average Bonchev–Trinajstić information content (AvgIpc) is 2.39. The minimum atomic E-state index is 0.459. The lowest BCUT2D eigenvalue weighted by atomic mass is 9.89. The summed E-state index contributed by atoms with van der Waals surface area (Å²) in [6.07, 6.45) is 9.68. The number of hydrogen-bond donors (Lipinski definition) is 1. The molecule has 2 N–H and O–H groups in total. The Labute approximate surface area is 113 Å². The highest BCUT2D eigenvalue weighted by Crippen LogP contribution is 2.24. The number of nitrogens with zero attached hydrogens (tertiary/aromatic N) is 2. The molecular formula is C15H31N3. The summed E-state index contributed by atoms with van der Waals surface area (Å²) in [6.45, 7) is 6.19. The van der Waals surface area contributed by atoms with Crippen molar-refractivity contribution in [2.45, 2.75) is 51.0 Å². The van der Waals surface area contributed by atoms with Crippen LogP contribution in [0.2, 0.25) is 0 Å². The molecule has 106 valence electrons. The van der Waals surface area contributed by atoms with Gasteiger partial charge in [0.15, 0.2) is 0 Å². The van der Waals surface area contributed by atoms with Crippen LogP contribution in [0.4, 0.5) is 0 Å². The third-order valence-corrected chi connectivity index (χ3v) is 4.72. The van der Waals surface area contributed by atoms with Crippen molar-refractivity contribution in [3.8, 4) is 0 Å². The molecule has 0 radical (unpaired) electrons. The molecule has 2 rings (SSSR count). The van der Waals surface area contributed by atoms with Crippen LogP contribution in [0, 0.1) is 5.92 Å². The van der Waals surface area contributed by atoms with Crippen LogP contribution < -0.4 is 5.73 Å². The summed E-state index contributed by atoms with van der Waals surface area (Å²) in [4.78, 5) is 5.13. The normalized spacial score (nSPS) is 24.8. The highest BCUT2D eigenvalue weighted by molar-refractivity contribution is 4.75. The largest absolute Gasteiger partial charge is 0.328 e. The van der Waals surface area contributed by atoms with E-state index in [0.717, 1.165) is 5.92 Å². The molecule has 0 atom stereocenters. The molecule has 1 aliphatic heterocycles. The van der Waals surface area contributed by atoms with E-state index in [1.807, 2.05) is 0 Å². The van der Waals surface area contributed by atoms with Crippen LogP contribution in [0.3, 0.4) is 0 Å². The Kier molecular flexibility index (Phi) is 5.93. The standard InChI is InChI=1S/C15H31N3/c1-17(13-14-5-3-2-4-6-14)11-12-18-9-7-15(16)8-10-18/h14-15H,2-13,16H2,1H3. The molecule has 0 aromatic heterocycles. The smallest absolute Gasteiger partial charge is 0.0109 e. The van der Waals surface area contributed by atoms with E-state index >= 15 is 0 Å². The molecule has 0 spiro atoms. The van der Waals surface area contributed by atoms with Gasteiger partial charge >= 0.3 is 0 Å². The summed E-state index contributed by atoms with van der Waals surface area (Å²) in [5.41, 5.74) is 5.94. The maximum Gasteiger partial charge on any atom is 0.0109 e. The van der Waals surface area contributed by atoms with Crippen molar-refractivity contribution in [3.05, 3.63) is 0 Å². The van der Waals surface area contributed by atoms with Gasteiger partial charge in [0.2, 0.25) is 0 Å². The highest BCUT2D eigenvalue weighted by Gasteiger charge is 2.18. The van der Waals surface area contributed by atoms with Crippen molar-refractivity contribution < 1.29 is 0 Å². The van der Waals surface area contributed by atoms with E-state index in [2.05, 4.69) is 16.8 Å². The zero-order valence-corrected chi connectivity index (χ0v) is 12.1. The Hall–Kier alpha value is -0.120. The average molecular weight is 253 g/mol. The Morgan fingerprint density at radius 3 is 2.39 bits per heavy atom. The molecule has 18 heavy (non-hydrogen) atoms. The van der Waals surface area contributed by atoms with Gasteiger partial charge < -0.3 is 15.5 Å². The lowest BCUT2D eigenvalue weighted by molar-refractivity contribution is 0.169. The SMILES string of the molecule is CN(CCN1CCC(N)CC1)CC1CCCCC1. The van der Waals surface area contributed by atoms with Crippen LogP contribution in [0.5, 0.6) is 0 Å². The molecule has 2 fully saturated rings. The van der Waals surface area contributed by atoms with Gasteiger partial charge in [0.05, 0.1) is 0 Å². The number of likely N-dealkylation sites (tertiary alicyclic amines) is 1. The molecule has 1 saturated heterocycles.